The second kappa shape index (κ2) is 6.33. The van der Waals surface area contributed by atoms with Crippen molar-refractivity contribution in [2.24, 2.45) is 7.05 Å². The van der Waals surface area contributed by atoms with Gasteiger partial charge in [-0.1, -0.05) is 11.6 Å². The first kappa shape index (κ1) is 14.9. The minimum Gasteiger partial charge on any atom is -0.311 e. The summed E-state index contributed by atoms with van der Waals surface area (Å²) in [5.74, 6) is -1.10. The van der Waals surface area contributed by atoms with E-state index in [0.717, 1.165) is 17.5 Å². The van der Waals surface area contributed by atoms with E-state index in [1.165, 1.54) is 12.1 Å². The number of halogens is 3. The fraction of sp³-hybridized carbons (Fsp3) is 0.357. The standard InChI is InChI=1S/C14H16ClF2N3/c1-9-14(15)13(20(2)19-9)8-18-4-3-10-5-11(16)7-12(17)6-10/h5-7,18H,3-4,8H2,1-2H3. The van der Waals surface area contributed by atoms with E-state index in [9.17, 15) is 8.78 Å². The van der Waals surface area contributed by atoms with Crippen molar-refractivity contribution in [3.8, 4) is 0 Å². The van der Waals surface area contributed by atoms with Crippen molar-refractivity contribution < 1.29 is 8.78 Å². The highest BCUT2D eigenvalue weighted by Crippen LogP contribution is 2.18. The van der Waals surface area contributed by atoms with Gasteiger partial charge in [-0.2, -0.15) is 5.10 Å². The molecule has 1 aromatic carbocycles. The van der Waals surface area contributed by atoms with E-state index >= 15 is 0 Å². The molecular formula is C14H16ClF2N3. The van der Waals surface area contributed by atoms with Crippen LogP contribution < -0.4 is 5.32 Å². The summed E-state index contributed by atoms with van der Waals surface area (Å²) >= 11 is 6.13. The van der Waals surface area contributed by atoms with E-state index in [4.69, 9.17) is 11.6 Å². The normalized spacial score (nSPS) is 11.1. The molecule has 0 spiro atoms. The summed E-state index contributed by atoms with van der Waals surface area (Å²) in [4.78, 5) is 0. The lowest BCUT2D eigenvalue weighted by Gasteiger charge is -2.06. The molecule has 108 valence electrons. The summed E-state index contributed by atoms with van der Waals surface area (Å²) < 4.78 is 27.8. The molecule has 0 aliphatic carbocycles. The quantitative estimate of drug-likeness (QED) is 0.860. The third kappa shape index (κ3) is 3.55. The zero-order valence-corrected chi connectivity index (χ0v) is 12.1. The Morgan fingerprint density at radius 1 is 1.25 bits per heavy atom. The number of rotatable bonds is 5. The van der Waals surface area contributed by atoms with Gasteiger partial charge >= 0.3 is 0 Å². The topological polar surface area (TPSA) is 29.9 Å². The third-order valence-electron chi connectivity index (χ3n) is 3.07. The third-order valence-corrected chi connectivity index (χ3v) is 3.56. The fourth-order valence-corrected chi connectivity index (χ4v) is 2.29. The van der Waals surface area contributed by atoms with Crippen LogP contribution in [0.4, 0.5) is 8.78 Å². The summed E-state index contributed by atoms with van der Waals surface area (Å²) in [6.07, 6.45) is 0.545. The summed E-state index contributed by atoms with van der Waals surface area (Å²) in [6, 6.07) is 3.55. The predicted molar refractivity (Wildman–Crippen MR) is 74.7 cm³/mol. The van der Waals surface area contributed by atoms with E-state index < -0.39 is 11.6 Å². The maximum absolute atomic E-state index is 13.0. The largest absolute Gasteiger partial charge is 0.311 e. The van der Waals surface area contributed by atoms with Crippen LogP contribution in [0.1, 0.15) is 17.0 Å². The van der Waals surface area contributed by atoms with Crippen LogP contribution in [0.3, 0.4) is 0 Å². The molecular weight excluding hydrogens is 284 g/mol. The fourth-order valence-electron chi connectivity index (χ4n) is 2.07. The Kier molecular flexibility index (Phi) is 4.73. The molecule has 0 atom stereocenters. The number of nitrogens with zero attached hydrogens (tertiary/aromatic N) is 2. The highest BCUT2D eigenvalue weighted by Gasteiger charge is 2.10. The molecule has 0 saturated heterocycles. The molecule has 3 nitrogen and oxygen atoms in total. The van der Waals surface area contributed by atoms with Crippen LogP contribution in [-0.4, -0.2) is 16.3 Å². The first-order valence-corrected chi connectivity index (χ1v) is 6.69. The number of benzene rings is 1. The number of hydrogen-bond donors (Lipinski definition) is 1. The van der Waals surface area contributed by atoms with Gasteiger partial charge < -0.3 is 5.32 Å². The Morgan fingerprint density at radius 3 is 2.45 bits per heavy atom. The zero-order valence-electron chi connectivity index (χ0n) is 11.4. The lowest BCUT2D eigenvalue weighted by molar-refractivity contribution is 0.576. The lowest BCUT2D eigenvalue weighted by Crippen LogP contribution is -2.19. The van der Waals surface area contributed by atoms with Gasteiger partial charge in [-0.15, -0.1) is 0 Å². The molecule has 6 heteroatoms. The summed E-state index contributed by atoms with van der Waals surface area (Å²) in [7, 11) is 1.83. The van der Waals surface area contributed by atoms with Crippen molar-refractivity contribution >= 4 is 11.6 Å². The molecule has 1 aromatic heterocycles. The van der Waals surface area contributed by atoms with Gasteiger partial charge in [-0.05, 0) is 37.6 Å². The van der Waals surface area contributed by atoms with Crippen LogP contribution in [-0.2, 0) is 20.0 Å². The molecule has 0 saturated carbocycles. The van der Waals surface area contributed by atoms with Crippen LogP contribution in [0, 0.1) is 18.6 Å². The van der Waals surface area contributed by atoms with Gasteiger partial charge in [0.15, 0.2) is 0 Å². The Hall–Kier alpha value is -1.46. The summed E-state index contributed by atoms with van der Waals surface area (Å²) in [5, 5.41) is 8.06. The van der Waals surface area contributed by atoms with Gasteiger partial charge in [-0.3, -0.25) is 4.68 Å². The molecule has 1 heterocycles. The summed E-state index contributed by atoms with van der Waals surface area (Å²) in [6.45, 7) is 3.01. The average Bonchev–Trinajstić information content (AvgIpc) is 2.59. The van der Waals surface area contributed by atoms with Crippen LogP contribution >= 0.6 is 11.6 Å². The van der Waals surface area contributed by atoms with Gasteiger partial charge in [0.25, 0.3) is 0 Å². The van der Waals surface area contributed by atoms with E-state index in [0.29, 0.717) is 30.1 Å². The lowest BCUT2D eigenvalue weighted by atomic mass is 10.1. The molecule has 0 fully saturated rings. The van der Waals surface area contributed by atoms with Crippen LogP contribution in [0.15, 0.2) is 18.2 Å². The molecule has 0 bridgehead atoms. The maximum Gasteiger partial charge on any atom is 0.126 e. The van der Waals surface area contributed by atoms with Crippen molar-refractivity contribution in [1.82, 2.24) is 15.1 Å². The zero-order chi connectivity index (χ0) is 14.7. The molecule has 2 rings (SSSR count). The number of hydrogen-bond acceptors (Lipinski definition) is 2. The van der Waals surface area contributed by atoms with E-state index in [2.05, 4.69) is 10.4 Å². The first-order chi connectivity index (χ1) is 9.47. The molecule has 20 heavy (non-hydrogen) atoms. The Balaban J connectivity index is 1.87. The van der Waals surface area contributed by atoms with Gasteiger partial charge in [0, 0.05) is 19.7 Å². The second-order valence-corrected chi connectivity index (χ2v) is 5.05. The molecule has 0 aliphatic rings. The minimum atomic E-state index is -0.551. The van der Waals surface area contributed by atoms with Crippen molar-refractivity contribution in [2.75, 3.05) is 6.54 Å². The van der Waals surface area contributed by atoms with Crippen molar-refractivity contribution in [3.05, 3.63) is 51.8 Å². The number of nitrogens with one attached hydrogen (secondary N) is 1. The molecule has 0 aliphatic heterocycles. The van der Waals surface area contributed by atoms with Gasteiger partial charge in [0.05, 0.1) is 16.4 Å². The van der Waals surface area contributed by atoms with Gasteiger partial charge in [-0.25, -0.2) is 8.78 Å². The second-order valence-electron chi connectivity index (χ2n) is 4.67. The predicted octanol–water partition coefficient (Wildman–Crippen LogP) is 2.99. The van der Waals surface area contributed by atoms with Gasteiger partial charge in [0.1, 0.15) is 11.6 Å². The number of aryl methyl sites for hydroxylation is 2. The Bertz CT molecular complexity index is 590. The smallest absolute Gasteiger partial charge is 0.126 e. The molecule has 0 radical (unpaired) electrons. The van der Waals surface area contributed by atoms with Crippen LogP contribution in [0.5, 0.6) is 0 Å². The first-order valence-electron chi connectivity index (χ1n) is 6.31. The van der Waals surface area contributed by atoms with Crippen molar-refractivity contribution in [2.45, 2.75) is 19.9 Å². The minimum absolute atomic E-state index is 0.545. The molecule has 1 N–H and O–H groups in total. The van der Waals surface area contributed by atoms with E-state index in [1.54, 1.807) is 4.68 Å². The highest BCUT2D eigenvalue weighted by atomic mass is 35.5. The number of aromatic nitrogens is 2. The average molecular weight is 300 g/mol. The SMILES string of the molecule is Cc1nn(C)c(CNCCc2cc(F)cc(F)c2)c1Cl. The molecule has 0 amide bonds. The van der Waals surface area contributed by atoms with Crippen molar-refractivity contribution in [1.29, 1.82) is 0 Å². The Labute approximate surface area is 121 Å². The van der Waals surface area contributed by atoms with Crippen LogP contribution in [0.2, 0.25) is 5.02 Å². The van der Waals surface area contributed by atoms with E-state index in [-0.39, 0.29) is 0 Å². The molecule has 0 unspecified atom stereocenters. The maximum atomic E-state index is 13.0. The van der Waals surface area contributed by atoms with Gasteiger partial charge in [0.2, 0.25) is 0 Å². The Morgan fingerprint density at radius 2 is 1.90 bits per heavy atom. The molecule has 2 aromatic rings. The highest BCUT2D eigenvalue weighted by molar-refractivity contribution is 6.31. The van der Waals surface area contributed by atoms with E-state index in [1.807, 2.05) is 14.0 Å². The monoisotopic (exact) mass is 299 g/mol. The van der Waals surface area contributed by atoms with Crippen LogP contribution in [0.25, 0.3) is 0 Å². The van der Waals surface area contributed by atoms with Crippen molar-refractivity contribution in [3.63, 3.8) is 0 Å². The summed E-state index contributed by atoms with van der Waals surface area (Å²) in [5.41, 5.74) is 2.31.